The van der Waals surface area contributed by atoms with Crippen molar-refractivity contribution in [2.45, 2.75) is 52.1 Å². The molecule has 0 radical (unpaired) electrons. The number of esters is 1. The lowest BCUT2D eigenvalue weighted by Gasteiger charge is -2.57. The number of aliphatic hydroxyl groups is 2. The highest BCUT2D eigenvalue weighted by molar-refractivity contribution is 5.91. The monoisotopic (exact) mass is 348 g/mol. The van der Waals surface area contributed by atoms with Crippen LogP contribution >= 0.6 is 0 Å². The van der Waals surface area contributed by atoms with E-state index in [1.165, 1.54) is 0 Å². The second-order valence-corrected chi connectivity index (χ2v) is 8.32. The first kappa shape index (κ1) is 18.3. The molecule has 5 nitrogen and oxygen atoms in total. The molecule has 1 aliphatic heterocycles. The number of aliphatic hydroxyl groups excluding tert-OH is 2. The van der Waals surface area contributed by atoms with Crippen LogP contribution in [0.2, 0.25) is 0 Å². The topological polar surface area (TPSA) is 83.8 Å². The van der Waals surface area contributed by atoms with E-state index in [-0.39, 0.29) is 36.2 Å². The predicted molar refractivity (Wildman–Crippen MR) is 92.6 cm³/mol. The summed E-state index contributed by atoms with van der Waals surface area (Å²) in [6.07, 6.45) is 4.45. The van der Waals surface area contributed by atoms with E-state index in [9.17, 15) is 19.8 Å². The molecule has 138 valence electrons. The SMILES string of the molecule is C=C1CCC2C(C)(CO)C(=O)CC[C@]2(C)C1C/C=C1/C(=O)OCC1O. The maximum atomic E-state index is 12.5. The minimum absolute atomic E-state index is 0.0211. The molecule has 3 fully saturated rings. The number of fused-ring (bicyclic) bond motifs is 1. The van der Waals surface area contributed by atoms with Crippen molar-refractivity contribution in [2.75, 3.05) is 13.2 Å². The summed E-state index contributed by atoms with van der Waals surface area (Å²) in [5, 5.41) is 19.8. The van der Waals surface area contributed by atoms with Crippen LogP contribution in [0.3, 0.4) is 0 Å². The number of hydrogen-bond acceptors (Lipinski definition) is 5. The second kappa shape index (κ2) is 6.36. The highest BCUT2D eigenvalue weighted by atomic mass is 16.6. The minimum atomic E-state index is -0.858. The summed E-state index contributed by atoms with van der Waals surface area (Å²) in [6, 6.07) is 0. The molecule has 4 unspecified atom stereocenters. The van der Waals surface area contributed by atoms with Crippen molar-refractivity contribution in [3.05, 3.63) is 23.8 Å². The Labute approximate surface area is 148 Å². The molecule has 0 amide bonds. The Morgan fingerprint density at radius 3 is 2.64 bits per heavy atom. The normalized spacial score (nSPS) is 43.3. The highest BCUT2D eigenvalue weighted by Gasteiger charge is 2.57. The Morgan fingerprint density at radius 1 is 1.32 bits per heavy atom. The molecule has 0 bridgehead atoms. The zero-order chi connectivity index (χ0) is 18.4. The largest absolute Gasteiger partial charge is 0.459 e. The van der Waals surface area contributed by atoms with E-state index in [1.807, 2.05) is 6.92 Å². The average molecular weight is 348 g/mol. The fourth-order valence-corrected chi connectivity index (χ4v) is 5.36. The summed E-state index contributed by atoms with van der Waals surface area (Å²) in [5.41, 5.74) is 0.609. The van der Waals surface area contributed by atoms with Gasteiger partial charge in [-0.15, -0.1) is 0 Å². The number of ketones is 1. The van der Waals surface area contributed by atoms with Gasteiger partial charge in [0.1, 0.15) is 18.5 Å². The molecule has 5 atom stereocenters. The van der Waals surface area contributed by atoms with Crippen molar-refractivity contribution in [1.82, 2.24) is 0 Å². The van der Waals surface area contributed by atoms with Crippen molar-refractivity contribution in [3.63, 3.8) is 0 Å². The molecule has 5 heteroatoms. The van der Waals surface area contributed by atoms with Crippen molar-refractivity contribution in [2.24, 2.45) is 22.7 Å². The number of allylic oxidation sites excluding steroid dienone is 2. The van der Waals surface area contributed by atoms with Gasteiger partial charge in [-0.2, -0.15) is 0 Å². The van der Waals surface area contributed by atoms with Gasteiger partial charge in [-0.05, 0) is 42.9 Å². The van der Waals surface area contributed by atoms with Gasteiger partial charge in [-0.25, -0.2) is 4.79 Å². The molecule has 25 heavy (non-hydrogen) atoms. The zero-order valence-corrected chi connectivity index (χ0v) is 15.1. The van der Waals surface area contributed by atoms with Gasteiger partial charge in [0.05, 0.1) is 17.6 Å². The van der Waals surface area contributed by atoms with Gasteiger partial charge in [0.25, 0.3) is 0 Å². The van der Waals surface area contributed by atoms with Gasteiger partial charge in [-0.3, -0.25) is 4.79 Å². The summed E-state index contributed by atoms with van der Waals surface area (Å²) >= 11 is 0. The Kier molecular flexibility index (Phi) is 4.67. The molecule has 3 aliphatic rings. The number of rotatable bonds is 3. The van der Waals surface area contributed by atoms with Crippen LogP contribution in [0, 0.1) is 22.7 Å². The van der Waals surface area contributed by atoms with E-state index >= 15 is 0 Å². The quantitative estimate of drug-likeness (QED) is 0.464. The van der Waals surface area contributed by atoms with Crippen LogP contribution in [0.5, 0.6) is 0 Å². The third-order valence-corrected chi connectivity index (χ3v) is 7.00. The van der Waals surface area contributed by atoms with Crippen molar-refractivity contribution >= 4 is 11.8 Å². The highest BCUT2D eigenvalue weighted by Crippen LogP contribution is 2.60. The van der Waals surface area contributed by atoms with Crippen LogP contribution in [0.1, 0.15) is 46.0 Å². The molecule has 2 saturated carbocycles. The summed E-state index contributed by atoms with van der Waals surface area (Å²) in [4.78, 5) is 24.2. The fraction of sp³-hybridized carbons (Fsp3) is 0.700. The van der Waals surface area contributed by atoms with Crippen LogP contribution in [0.15, 0.2) is 23.8 Å². The predicted octanol–water partition coefficient (Wildman–Crippen LogP) is 2.17. The molecule has 0 aromatic carbocycles. The Hall–Kier alpha value is -1.46. The van der Waals surface area contributed by atoms with E-state index in [1.54, 1.807) is 6.08 Å². The standard InChI is InChI=1S/C20H28O5/c1-12-4-7-16-19(2,9-8-17(23)20(16,3)11-21)14(12)6-5-13-15(22)10-25-18(13)24/h5,14-16,21-22H,1,4,6-11H2,2-3H3/b13-5+/t14?,15?,16?,19-,20?/m1/s1. The number of carbonyl (C=O) groups excluding carboxylic acids is 2. The van der Waals surface area contributed by atoms with Gasteiger partial charge in [-0.1, -0.05) is 32.1 Å². The minimum Gasteiger partial charge on any atom is -0.459 e. The van der Waals surface area contributed by atoms with Crippen molar-refractivity contribution < 1.29 is 24.5 Å². The molecule has 1 heterocycles. The third kappa shape index (κ3) is 2.77. The van der Waals surface area contributed by atoms with Gasteiger partial charge in [0, 0.05) is 6.42 Å². The third-order valence-electron chi connectivity index (χ3n) is 7.00. The lowest BCUT2D eigenvalue weighted by molar-refractivity contribution is -0.151. The van der Waals surface area contributed by atoms with Crippen molar-refractivity contribution in [3.8, 4) is 0 Å². The van der Waals surface area contributed by atoms with Crippen LogP contribution in [-0.2, 0) is 14.3 Å². The van der Waals surface area contributed by atoms with Crippen molar-refractivity contribution in [1.29, 1.82) is 0 Å². The average Bonchev–Trinajstić information content (AvgIpc) is 2.89. The van der Waals surface area contributed by atoms with E-state index in [4.69, 9.17) is 4.74 Å². The lowest BCUT2D eigenvalue weighted by Crippen LogP contribution is -2.55. The smallest absolute Gasteiger partial charge is 0.336 e. The molecule has 0 spiro atoms. The van der Waals surface area contributed by atoms with Gasteiger partial charge in [0.2, 0.25) is 0 Å². The Balaban J connectivity index is 1.90. The molecular formula is C20H28O5. The molecule has 0 aromatic heterocycles. The molecule has 3 rings (SSSR count). The maximum Gasteiger partial charge on any atom is 0.336 e. The van der Waals surface area contributed by atoms with Crippen LogP contribution in [0.4, 0.5) is 0 Å². The number of cyclic esters (lactones) is 1. The first-order chi connectivity index (χ1) is 11.7. The zero-order valence-electron chi connectivity index (χ0n) is 15.1. The van der Waals surface area contributed by atoms with E-state index in [2.05, 4.69) is 13.5 Å². The first-order valence-electron chi connectivity index (χ1n) is 9.11. The molecule has 2 N–H and O–H groups in total. The number of ether oxygens (including phenoxy) is 1. The van der Waals surface area contributed by atoms with E-state index in [0.717, 1.165) is 24.8 Å². The summed E-state index contributed by atoms with van der Waals surface area (Å²) in [6.45, 7) is 8.22. The first-order valence-corrected chi connectivity index (χ1v) is 9.11. The Bertz CT molecular complexity index is 636. The maximum absolute atomic E-state index is 12.5. The molecular weight excluding hydrogens is 320 g/mol. The number of Topliss-reactive ketones (excluding diaryl/α,β-unsaturated/α-hetero) is 1. The van der Waals surface area contributed by atoms with Crippen LogP contribution < -0.4 is 0 Å². The van der Waals surface area contributed by atoms with Crippen LogP contribution in [-0.4, -0.2) is 41.3 Å². The molecule has 0 aromatic rings. The fourth-order valence-electron chi connectivity index (χ4n) is 5.36. The number of carbonyl (C=O) groups is 2. The van der Waals surface area contributed by atoms with Gasteiger partial charge >= 0.3 is 5.97 Å². The van der Waals surface area contributed by atoms with E-state index in [0.29, 0.717) is 18.4 Å². The lowest BCUT2D eigenvalue weighted by atomic mass is 9.46. The second-order valence-electron chi connectivity index (χ2n) is 8.32. The Morgan fingerprint density at radius 2 is 2.04 bits per heavy atom. The molecule has 1 saturated heterocycles. The van der Waals surface area contributed by atoms with Gasteiger partial charge in [0.15, 0.2) is 0 Å². The van der Waals surface area contributed by atoms with Gasteiger partial charge < -0.3 is 14.9 Å². The van der Waals surface area contributed by atoms with E-state index < -0.39 is 17.5 Å². The summed E-state index contributed by atoms with van der Waals surface area (Å²) in [7, 11) is 0. The number of hydrogen-bond donors (Lipinski definition) is 2. The van der Waals surface area contributed by atoms with Crippen LogP contribution in [0.25, 0.3) is 0 Å². The summed E-state index contributed by atoms with van der Waals surface area (Å²) < 4.78 is 4.88. The molecule has 2 aliphatic carbocycles. The summed E-state index contributed by atoms with van der Waals surface area (Å²) in [5.74, 6) is -0.0783.